The number of fused-ring (bicyclic) bond motifs is 1. The van der Waals surface area contributed by atoms with Crippen LogP contribution in [0.2, 0.25) is 0 Å². The number of hydrogen-bond donors (Lipinski definition) is 2. The molecule has 0 aliphatic carbocycles. The number of halogens is 3. The lowest BCUT2D eigenvalue weighted by molar-refractivity contribution is -0.137. The number of amides is 3. The molecule has 3 amide bonds. The molecule has 324 valence electrons. The van der Waals surface area contributed by atoms with Gasteiger partial charge in [0, 0.05) is 82.6 Å². The summed E-state index contributed by atoms with van der Waals surface area (Å²) in [5, 5.41) is 14.0. The number of alkyl halides is 3. The maximum atomic E-state index is 13.5. The maximum absolute atomic E-state index is 13.5. The van der Waals surface area contributed by atoms with E-state index in [1.54, 1.807) is 12.3 Å². The molecule has 0 saturated carbocycles. The fourth-order valence-corrected chi connectivity index (χ4v) is 10.0. The zero-order chi connectivity index (χ0) is 43.2. The number of anilines is 4. The van der Waals surface area contributed by atoms with Gasteiger partial charge in [0.25, 0.3) is 11.5 Å². The number of carbonyl (C=O) groups is 3. The SMILES string of the molecule is [C-]#[N+]c1ccc(N2CCC(C(=O)Nc3ccc(N4CCC(CN5CC6(CCN(c7ccc8c(=O)n(C9CCC(=O)NC9=O)nnc8c7)CC6)C5)CC4)cn3)CC2)cc1C(F)(F)F. The topological polar surface area (TPSA) is 153 Å². The first kappa shape index (κ1) is 41.3. The number of imide groups is 1. The molecule has 1 spiro atoms. The average molecular weight is 852 g/mol. The van der Waals surface area contributed by atoms with Gasteiger partial charge in [-0.1, -0.05) is 11.3 Å². The molecule has 2 aromatic carbocycles. The first-order chi connectivity index (χ1) is 29.8. The van der Waals surface area contributed by atoms with Gasteiger partial charge in [-0.3, -0.25) is 24.5 Å². The van der Waals surface area contributed by atoms with E-state index in [0.717, 1.165) is 93.6 Å². The lowest BCUT2D eigenvalue weighted by Crippen LogP contribution is -2.61. The monoisotopic (exact) mass is 851 g/mol. The quantitative estimate of drug-likeness (QED) is 0.173. The van der Waals surface area contributed by atoms with Gasteiger partial charge in [0.15, 0.2) is 5.69 Å². The summed E-state index contributed by atoms with van der Waals surface area (Å²) in [6.07, 6.45) is 2.94. The number of pyridine rings is 1. The molecule has 0 bridgehead atoms. The van der Waals surface area contributed by atoms with Crippen molar-refractivity contribution < 1.29 is 27.6 Å². The molecule has 2 N–H and O–H groups in total. The number of nitrogens with zero attached hydrogens (tertiary/aromatic N) is 9. The summed E-state index contributed by atoms with van der Waals surface area (Å²) in [4.78, 5) is 66.9. The van der Waals surface area contributed by atoms with Crippen molar-refractivity contribution >= 4 is 57.2 Å². The molecule has 4 aromatic rings. The Morgan fingerprint density at radius 1 is 0.855 bits per heavy atom. The summed E-state index contributed by atoms with van der Waals surface area (Å²) < 4.78 is 41.6. The van der Waals surface area contributed by atoms with Gasteiger partial charge < -0.3 is 24.9 Å². The highest BCUT2D eigenvalue weighted by Crippen LogP contribution is 2.43. The molecule has 5 aliphatic heterocycles. The second-order valence-electron chi connectivity index (χ2n) is 17.6. The maximum Gasteiger partial charge on any atom is 0.407 e. The molecule has 0 radical (unpaired) electrons. The Hall–Kier alpha value is -6.09. The fourth-order valence-electron chi connectivity index (χ4n) is 10.0. The molecular weight excluding hydrogens is 804 g/mol. The number of benzene rings is 2. The average Bonchev–Trinajstić information content (AvgIpc) is 3.26. The minimum atomic E-state index is -4.61. The molecule has 7 heterocycles. The van der Waals surface area contributed by atoms with E-state index < -0.39 is 34.9 Å². The Bertz CT molecular complexity index is 2460. The van der Waals surface area contributed by atoms with Crippen LogP contribution in [0, 0.1) is 23.8 Å². The Morgan fingerprint density at radius 2 is 1.52 bits per heavy atom. The van der Waals surface area contributed by atoms with E-state index in [1.807, 2.05) is 29.2 Å². The van der Waals surface area contributed by atoms with Crippen molar-refractivity contribution in [3.63, 3.8) is 0 Å². The van der Waals surface area contributed by atoms with Gasteiger partial charge >= 0.3 is 6.18 Å². The summed E-state index contributed by atoms with van der Waals surface area (Å²) in [7, 11) is 0. The van der Waals surface area contributed by atoms with Crippen LogP contribution in [0.4, 0.5) is 41.7 Å². The normalized spacial score (nSPS) is 21.5. The van der Waals surface area contributed by atoms with E-state index in [9.17, 15) is 32.3 Å². The van der Waals surface area contributed by atoms with Crippen molar-refractivity contribution in [2.45, 2.75) is 63.6 Å². The van der Waals surface area contributed by atoms with Crippen LogP contribution in [0.3, 0.4) is 0 Å². The van der Waals surface area contributed by atoms with Crippen LogP contribution in [-0.2, 0) is 20.6 Å². The fraction of sp³-hybridized carbons (Fsp3) is 0.500. The highest BCUT2D eigenvalue weighted by atomic mass is 19.4. The Kier molecular flexibility index (Phi) is 11.1. The van der Waals surface area contributed by atoms with E-state index in [0.29, 0.717) is 59.7 Å². The third-order valence-electron chi connectivity index (χ3n) is 13.6. The van der Waals surface area contributed by atoms with Gasteiger partial charge in [0.1, 0.15) is 17.4 Å². The molecule has 5 saturated heterocycles. The number of carbonyl (C=O) groups excluding carboxylic acids is 3. The molecule has 1 unspecified atom stereocenters. The first-order valence-electron chi connectivity index (χ1n) is 21.4. The second kappa shape index (κ2) is 16.6. The van der Waals surface area contributed by atoms with Gasteiger partial charge in [0.05, 0.1) is 29.4 Å². The van der Waals surface area contributed by atoms with Crippen molar-refractivity contribution in [2.75, 3.05) is 78.9 Å². The van der Waals surface area contributed by atoms with Crippen molar-refractivity contribution in [3.05, 3.63) is 82.1 Å². The van der Waals surface area contributed by atoms with Crippen molar-refractivity contribution in [2.24, 2.45) is 17.3 Å². The first-order valence-corrected chi connectivity index (χ1v) is 21.4. The van der Waals surface area contributed by atoms with E-state index in [2.05, 4.69) is 45.5 Å². The van der Waals surface area contributed by atoms with Gasteiger partial charge in [0.2, 0.25) is 11.8 Å². The minimum Gasteiger partial charge on any atom is -0.372 e. The summed E-state index contributed by atoms with van der Waals surface area (Å²) >= 11 is 0. The predicted molar refractivity (Wildman–Crippen MR) is 226 cm³/mol. The van der Waals surface area contributed by atoms with Crippen LogP contribution in [0.1, 0.15) is 63.0 Å². The Balaban J connectivity index is 0.693. The predicted octanol–water partition coefficient (Wildman–Crippen LogP) is 5.41. The summed E-state index contributed by atoms with van der Waals surface area (Å²) in [6.45, 7) is 15.0. The molecule has 15 nitrogen and oxygen atoms in total. The Morgan fingerprint density at radius 3 is 2.19 bits per heavy atom. The highest BCUT2D eigenvalue weighted by molar-refractivity contribution is 5.99. The summed E-state index contributed by atoms with van der Waals surface area (Å²) in [5.74, 6) is -0.203. The van der Waals surface area contributed by atoms with Gasteiger partial charge in [-0.05, 0) is 98.7 Å². The summed E-state index contributed by atoms with van der Waals surface area (Å²) in [6, 6.07) is 12.4. The zero-order valence-electron chi connectivity index (χ0n) is 34.2. The molecule has 5 fully saturated rings. The third kappa shape index (κ3) is 8.42. The van der Waals surface area contributed by atoms with Crippen LogP contribution >= 0.6 is 0 Å². The number of nitrogens with one attached hydrogen (secondary N) is 2. The number of aromatic nitrogens is 4. The van der Waals surface area contributed by atoms with Crippen LogP contribution in [0.25, 0.3) is 15.7 Å². The number of likely N-dealkylation sites (tertiary alicyclic amines) is 1. The molecule has 1 atom stereocenters. The molecule has 2 aromatic heterocycles. The highest BCUT2D eigenvalue weighted by Gasteiger charge is 2.45. The number of piperidine rings is 4. The Labute approximate surface area is 356 Å². The van der Waals surface area contributed by atoms with Crippen molar-refractivity contribution in [3.8, 4) is 0 Å². The number of rotatable bonds is 8. The van der Waals surface area contributed by atoms with Crippen LogP contribution in [0.15, 0.2) is 59.5 Å². The zero-order valence-corrected chi connectivity index (χ0v) is 34.2. The van der Waals surface area contributed by atoms with E-state index >= 15 is 0 Å². The van der Waals surface area contributed by atoms with Crippen LogP contribution in [-0.4, -0.2) is 102 Å². The van der Waals surface area contributed by atoms with Crippen molar-refractivity contribution in [1.29, 1.82) is 0 Å². The largest absolute Gasteiger partial charge is 0.407 e. The van der Waals surface area contributed by atoms with E-state index in [4.69, 9.17) is 6.57 Å². The van der Waals surface area contributed by atoms with Gasteiger partial charge in [-0.25, -0.2) is 9.83 Å². The van der Waals surface area contributed by atoms with Crippen molar-refractivity contribution in [1.82, 2.24) is 30.2 Å². The van der Waals surface area contributed by atoms with E-state index in [1.165, 1.54) is 12.1 Å². The minimum absolute atomic E-state index is 0.146. The molecule has 5 aliphatic rings. The molecule has 9 rings (SSSR count). The van der Waals surface area contributed by atoms with Gasteiger partial charge in [-0.15, -0.1) is 5.10 Å². The smallest absolute Gasteiger partial charge is 0.372 e. The third-order valence-corrected chi connectivity index (χ3v) is 13.6. The van der Waals surface area contributed by atoms with Crippen LogP contribution in [0.5, 0.6) is 0 Å². The van der Waals surface area contributed by atoms with Gasteiger partial charge in [-0.2, -0.15) is 17.9 Å². The summed E-state index contributed by atoms with van der Waals surface area (Å²) in [5.41, 5.74) is 1.50. The molecule has 18 heteroatoms. The standard InChI is InChI=1S/C44H48F3N11O4/c1-48-35-6-3-30(22-34(35)44(45,46)47)55-18-12-29(13-19-55)40(60)50-38-8-4-32(24-49-38)56-16-10-28(11-17-56)25-54-26-43(27-54)14-20-57(21-15-43)31-2-5-33-36(23-31)52-53-58(42(33)62)37-7-9-39(59)51-41(37)61/h2-6,8,22-24,28-29,37H,7,9-21,25-27H2,(H,49,50,60)(H,51,59,61). The lowest BCUT2D eigenvalue weighted by atomic mass is 9.71. The van der Waals surface area contributed by atoms with Crippen LogP contribution < -0.4 is 30.9 Å². The molecule has 62 heavy (non-hydrogen) atoms. The second-order valence-corrected chi connectivity index (χ2v) is 17.6. The molecular formula is C44H48F3N11O4. The lowest BCUT2D eigenvalue weighted by Gasteiger charge is -2.55. The number of hydrogen-bond acceptors (Lipinski definition) is 11. The van der Waals surface area contributed by atoms with E-state index in [-0.39, 0.29) is 30.6 Å².